The summed E-state index contributed by atoms with van der Waals surface area (Å²) in [5, 5.41) is 0. The Hall–Kier alpha value is -2.29. The molecule has 1 unspecified atom stereocenters. The number of rotatable bonds is 6. The molecule has 116 valence electrons. The average molecular weight is 298 g/mol. The van der Waals surface area contributed by atoms with Gasteiger partial charge in [-0.05, 0) is 42.2 Å². The molecule has 0 N–H and O–H groups in total. The second kappa shape index (κ2) is 7.64. The minimum absolute atomic E-state index is 0.0332. The summed E-state index contributed by atoms with van der Waals surface area (Å²) in [6, 6.07) is 17.2. The third kappa shape index (κ3) is 4.35. The first-order valence-corrected chi connectivity index (χ1v) is 7.50. The van der Waals surface area contributed by atoms with Gasteiger partial charge in [0.25, 0.3) is 0 Å². The van der Waals surface area contributed by atoms with E-state index in [1.807, 2.05) is 42.5 Å². The van der Waals surface area contributed by atoms with Crippen molar-refractivity contribution in [3.8, 4) is 5.75 Å². The zero-order valence-electron chi connectivity index (χ0n) is 13.3. The van der Waals surface area contributed by atoms with Gasteiger partial charge in [-0.15, -0.1) is 0 Å². The monoisotopic (exact) mass is 298 g/mol. The summed E-state index contributed by atoms with van der Waals surface area (Å²) >= 11 is 0. The first-order valence-electron chi connectivity index (χ1n) is 7.50. The fourth-order valence-corrected chi connectivity index (χ4v) is 2.30. The van der Waals surface area contributed by atoms with Gasteiger partial charge in [0.15, 0.2) is 0 Å². The highest BCUT2D eigenvalue weighted by Gasteiger charge is 2.16. The van der Waals surface area contributed by atoms with E-state index in [9.17, 15) is 4.79 Å². The highest BCUT2D eigenvalue weighted by molar-refractivity contribution is 5.89. The van der Waals surface area contributed by atoms with E-state index in [1.54, 1.807) is 12.1 Å². The molecule has 0 fully saturated rings. The van der Waals surface area contributed by atoms with Crippen molar-refractivity contribution in [3.63, 3.8) is 0 Å². The highest BCUT2D eigenvalue weighted by atomic mass is 16.5. The van der Waals surface area contributed by atoms with Gasteiger partial charge in [-0.1, -0.05) is 44.2 Å². The van der Waals surface area contributed by atoms with Crippen LogP contribution in [0.15, 0.2) is 54.6 Å². The van der Waals surface area contributed by atoms with Gasteiger partial charge >= 0.3 is 5.97 Å². The summed E-state index contributed by atoms with van der Waals surface area (Å²) in [7, 11) is 1.39. The Morgan fingerprint density at radius 2 is 1.64 bits per heavy atom. The molecular weight excluding hydrogens is 276 g/mol. The summed E-state index contributed by atoms with van der Waals surface area (Å²) in [6.45, 7) is 4.34. The standard InChI is InChI=1S/C19H22O3/c1-14(2)13-18(22-17-7-5-4-6-8-17)15-9-11-16(12-10-15)19(20)21-3/h4-12,14,18H,13H2,1-3H3. The van der Waals surface area contributed by atoms with Crippen LogP contribution in [-0.2, 0) is 4.74 Å². The molecule has 2 aromatic rings. The molecule has 2 rings (SSSR count). The van der Waals surface area contributed by atoms with Crippen LogP contribution in [0.4, 0.5) is 0 Å². The molecule has 0 amide bonds. The Balaban J connectivity index is 2.19. The molecule has 0 saturated carbocycles. The van der Waals surface area contributed by atoms with Gasteiger partial charge in [0.05, 0.1) is 12.7 Å². The van der Waals surface area contributed by atoms with E-state index in [-0.39, 0.29) is 12.1 Å². The summed E-state index contributed by atoms with van der Waals surface area (Å²) in [5.74, 6) is 1.04. The molecule has 3 heteroatoms. The van der Waals surface area contributed by atoms with Crippen molar-refractivity contribution >= 4 is 5.97 Å². The molecule has 2 aromatic carbocycles. The largest absolute Gasteiger partial charge is 0.486 e. The van der Waals surface area contributed by atoms with Gasteiger partial charge < -0.3 is 9.47 Å². The number of hydrogen-bond acceptors (Lipinski definition) is 3. The molecule has 3 nitrogen and oxygen atoms in total. The molecule has 0 aliphatic rings. The topological polar surface area (TPSA) is 35.5 Å². The molecule has 0 heterocycles. The maximum absolute atomic E-state index is 11.5. The number of carbonyl (C=O) groups excluding carboxylic acids is 1. The molecule has 0 aromatic heterocycles. The Labute approximate surface area is 131 Å². The van der Waals surface area contributed by atoms with Crippen LogP contribution in [-0.4, -0.2) is 13.1 Å². The number of carbonyl (C=O) groups is 1. The van der Waals surface area contributed by atoms with Gasteiger partial charge in [-0.25, -0.2) is 4.79 Å². The van der Waals surface area contributed by atoms with Crippen LogP contribution in [0.2, 0.25) is 0 Å². The maximum Gasteiger partial charge on any atom is 0.337 e. The molecule has 1 atom stereocenters. The fourth-order valence-electron chi connectivity index (χ4n) is 2.30. The van der Waals surface area contributed by atoms with Crippen molar-refractivity contribution in [2.24, 2.45) is 5.92 Å². The fraction of sp³-hybridized carbons (Fsp3) is 0.316. The van der Waals surface area contributed by atoms with Crippen LogP contribution in [0.1, 0.15) is 42.3 Å². The second-order valence-corrected chi connectivity index (χ2v) is 5.66. The lowest BCUT2D eigenvalue weighted by atomic mass is 9.98. The van der Waals surface area contributed by atoms with Gasteiger partial charge in [0, 0.05) is 0 Å². The number of methoxy groups -OCH3 is 1. The Morgan fingerprint density at radius 1 is 1.00 bits per heavy atom. The minimum atomic E-state index is -0.323. The molecule has 0 bridgehead atoms. The average Bonchev–Trinajstić information content (AvgIpc) is 2.54. The first-order chi connectivity index (χ1) is 10.6. The van der Waals surface area contributed by atoms with Crippen LogP contribution >= 0.6 is 0 Å². The van der Waals surface area contributed by atoms with Gasteiger partial charge in [-0.3, -0.25) is 0 Å². The van der Waals surface area contributed by atoms with Crippen molar-refractivity contribution in [3.05, 3.63) is 65.7 Å². The van der Waals surface area contributed by atoms with E-state index in [2.05, 4.69) is 13.8 Å². The van der Waals surface area contributed by atoms with E-state index in [0.717, 1.165) is 17.7 Å². The van der Waals surface area contributed by atoms with Crippen molar-refractivity contribution in [1.29, 1.82) is 0 Å². The number of benzene rings is 2. The van der Waals surface area contributed by atoms with Gasteiger partial charge in [0.2, 0.25) is 0 Å². The molecular formula is C19H22O3. The predicted octanol–water partition coefficient (Wildman–Crippen LogP) is 4.64. The third-order valence-corrected chi connectivity index (χ3v) is 3.41. The van der Waals surface area contributed by atoms with E-state index in [4.69, 9.17) is 9.47 Å². The zero-order valence-corrected chi connectivity index (χ0v) is 13.3. The van der Waals surface area contributed by atoms with Gasteiger partial charge in [-0.2, -0.15) is 0 Å². The summed E-state index contributed by atoms with van der Waals surface area (Å²) in [4.78, 5) is 11.5. The second-order valence-electron chi connectivity index (χ2n) is 5.66. The SMILES string of the molecule is COC(=O)c1ccc(C(CC(C)C)Oc2ccccc2)cc1. The van der Waals surface area contributed by atoms with Crippen LogP contribution in [0, 0.1) is 5.92 Å². The van der Waals surface area contributed by atoms with Crippen LogP contribution in [0.3, 0.4) is 0 Å². The minimum Gasteiger partial charge on any atom is -0.486 e. The maximum atomic E-state index is 11.5. The summed E-state index contributed by atoms with van der Waals surface area (Å²) in [6.07, 6.45) is 0.876. The molecule has 0 radical (unpaired) electrons. The zero-order chi connectivity index (χ0) is 15.9. The molecule has 0 saturated heterocycles. The first kappa shape index (κ1) is 16.1. The lowest BCUT2D eigenvalue weighted by molar-refractivity contribution is 0.0600. The van der Waals surface area contributed by atoms with Crippen molar-refractivity contribution in [1.82, 2.24) is 0 Å². The summed E-state index contributed by atoms with van der Waals surface area (Å²) in [5.41, 5.74) is 1.61. The third-order valence-electron chi connectivity index (χ3n) is 3.41. The van der Waals surface area contributed by atoms with Crippen molar-refractivity contribution in [2.45, 2.75) is 26.4 Å². The Morgan fingerprint density at radius 3 is 2.18 bits per heavy atom. The molecule has 22 heavy (non-hydrogen) atoms. The smallest absolute Gasteiger partial charge is 0.337 e. The molecule has 0 spiro atoms. The van der Waals surface area contributed by atoms with E-state index >= 15 is 0 Å². The number of ether oxygens (including phenoxy) is 2. The van der Waals surface area contributed by atoms with Gasteiger partial charge in [0.1, 0.15) is 11.9 Å². The van der Waals surface area contributed by atoms with Crippen molar-refractivity contribution in [2.75, 3.05) is 7.11 Å². The lowest BCUT2D eigenvalue weighted by Gasteiger charge is -2.21. The Kier molecular flexibility index (Phi) is 5.59. The van der Waals surface area contributed by atoms with Crippen LogP contribution < -0.4 is 4.74 Å². The van der Waals surface area contributed by atoms with Crippen LogP contribution in [0.25, 0.3) is 0 Å². The van der Waals surface area contributed by atoms with Crippen LogP contribution in [0.5, 0.6) is 5.75 Å². The highest BCUT2D eigenvalue weighted by Crippen LogP contribution is 2.28. The quantitative estimate of drug-likeness (QED) is 0.729. The van der Waals surface area contributed by atoms with E-state index in [0.29, 0.717) is 11.5 Å². The summed E-state index contributed by atoms with van der Waals surface area (Å²) < 4.78 is 10.8. The molecule has 0 aliphatic heterocycles. The number of hydrogen-bond donors (Lipinski definition) is 0. The van der Waals surface area contributed by atoms with Crippen molar-refractivity contribution < 1.29 is 14.3 Å². The lowest BCUT2D eigenvalue weighted by Crippen LogP contribution is -2.11. The van der Waals surface area contributed by atoms with E-state index in [1.165, 1.54) is 7.11 Å². The predicted molar refractivity (Wildman–Crippen MR) is 87.0 cm³/mol. The normalized spacial score (nSPS) is 12.0. The molecule has 0 aliphatic carbocycles. The number of esters is 1. The number of para-hydroxylation sites is 1. The van der Waals surface area contributed by atoms with E-state index < -0.39 is 0 Å². The Bertz CT molecular complexity index is 588.